The van der Waals surface area contributed by atoms with E-state index in [1.165, 1.54) is 30.9 Å². The molecule has 0 spiro atoms. The fourth-order valence-electron chi connectivity index (χ4n) is 4.20. The average Bonchev–Trinajstić information content (AvgIpc) is 3.25. The zero-order valence-corrected chi connectivity index (χ0v) is 18.8. The maximum Gasteiger partial charge on any atom is 0.261 e. The minimum absolute atomic E-state index is 0.0453. The molecule has 1 amide bonds. The highest BCUT2D eigenvalue weighted by molar-refractivity contribution is 7.18. The van der Waals surface area contributed by atoms with Crippen LogP contribution in [0.1, 0.15) is 35.9 Å². The molecule has 3 heterocycles. The number of morpholine rings is 1. The van der Waals surface area contributed by atoms with Crippen LogP contribution >= 0.6 is 11.3 Å². The molecule has 5 nitrogen and oxygen atoms in total. The van der Waals surface area contributed by atoms with Gasteiger partial charge in [0.1, 0.15) is 0 Å². The lowest BCUT2D eigenvalue weighted by molar-refractivity contribution is 0.0954. The topological polar surface area (TPSA) is 44.8 Å². The van der Waals surface area contributed by atoms with E-state index in [1.54, 1.807) is 11.3 Å². The van der Waals surface area contributed by atoms with Gasteiger partial charge in [0.25, 0.3) is 5.91 Å². The Morgan fingerprint density at radius 2 is 1.87 bits per heavy atom. The monoisotopic (exact) mass is 427 g/mol. The maximum absolute atomic E-state index is 12.9. The molecule has 2 aromatic rings. The van der Waals surface area contributed by atoms with Crippen LogP contribution in [0.25, 0.3) is 11.1 Å². The molecule has 2 fully saturated rings. The van der Waals surface area contributed by atoms with Gasteiger partial charge in [-0.05, 0) is 56.4 Å². The first kappa shape index (κ1) is 21.3. The third-order valence-electron chi connectivity index (χ3n) is 6.13. The lowest BCUT2D eigenvalue weighted by Crippen LogP contribution is -2.36. The number of nitrogens with zero attached hydrogens (tertiary/aromatic N) is 2. The van der Waals surface area contributed by atoms with Gasteiger partial charge in [-0.15, -0.1) is 11.3 Å². The summed E-state index contributed by atoms with van der Waals surface area (Å²) in [6.45, 7) is 9.76. The van der Waals surface area contributed by atoms with E-state index in [1.807, 2.05) is 6.07 Å². The smallest absolute Gasteiger partial charge is 0.261 e. The number of nitrogens with one attached hydrogen (secondary N) is 1. The maximum atomic E-state index is 12.9. The lowest BCUT2D eigenvalue weighted by atomic mass is 9.99. The van der Waals surface area contributed by atoms with Crippen molar-refractivity contribution in [2.75, 3.05) is 57.4 Å². The van der Waals surface area contributed by atoms with E-state index in [4.69, 9.17) is 4.74 Å². The standard InChI is InChI=1S/C24H33N3O2S/c1-19-8-12-26(13-9-19)11-5-10-25-23(28)22-18-21(20-6-3-2-4-7-20)24(30-22)27-14-16-29-17-15-27/h2-4,6-7,18-19H,5,8-17H2,1H3,(H,25,28). The van der Waals surface area contributed by atoms with Crippen LogP contribution in [-0.2, 0) is 4.74 Å². The molecule has 6 heteroatoms. The summed E-state index contributed by atoms with van der Waals surface area (Å²) < 4.78 is 5.52. The minimum atomic E-state index is 0.0453. The van der Waals surface area contributed by atoms with E-state index in [-0.39, 0.29) is 5.91 Å². The van der Waals surface area contributed by atoms with Gasteiger partial charge in [0.05, 0.1) is 23.1 Å². The fourth-order valence-corrected chi connectivity index (χ4v) is 5.34. The number of anilines is 1. The van der Waals surface area contributed by atoms with Crippen molar-refractivity contribution in [3.8, 4) is 11.1 Å². The fraction of sp³-hybridized carbons (Fsp3) is 0.542. The molecular formula is C24H33N3O2S. The normalized spacial score (nSPS) is 18.5. The number of piperidine rings is 1. The van der Waals surface area contributed by atoms with E-state index in [9.17, 15) is 4.79 Å². The number of rotatable bonds is 7. The number of ether oxygens (including phenoxy) is 1. The minimum Gasteiger partial charge on any atom is -0.378 e. The molecule has 0 bridgehead atoms. The Bertz CT molecular complexity index is 809. The van der Waals surface area contributed by atoms with E-state index >= 15 is 0 Å². The molecule has 2 aliphatic rings. The van der Waals surface area contributed by atoms with E-state index < -0.39 is 0 Å². The molecule has 0 saturated carbocycles. The largest absolute Gasteiger partial charge is 0.378 e. The van der Waals surface area contributed by atoms with E-state index in [0.29, 0.717) is 0 Å². The van der Waals surface area contributed by atoms with Crippen molar-refractivity contribution < 1.29 is 9.53 Å². The highest BCUT2D eigenvalue weighted by Gasteiger charge is 2.22. The van der Waals surface area contributed by atoms with Gasteiger partial charge in [-0.25, -0.2) is 0 Å². The second-order valence-electron chi connectivity index (χ2n) is 8.43. The van der Waals surface area contributed by atoms with Gasteiger partial charge in [0, 0.05) is 25.2 Å². The second kappa shape index (κ2) is 10.4. The molecule has 162 valence electrons. The van der Waals surface area contributed by atoms with E-state index in [2.05, 4.69) is 52.4 Å². The van der Waals surface area contributed by atoms with Gasteiger partial charge in [0.15, 0.2) is 0 Å². The van der Waals surface area contributed by atoms with Gasteiger partial charge in [-0.2, -0.15) is 0 Å². The number of thiophene rings is 1. The third kappa shape index (κ3) is 5.42. The van der Waals surface area contributed by atoms with Gasteiger partial charge >= 0.3 is 0 Å². The Hall–Kier alpha value is -1.89. The van der Waals surface area contributed by atoms with Crippen molar-refractivity contribution in [1.29, 1.82) is 0 Å². The number of hydrogen-bond donors (Lipinski definition) is 1. The van der Waals surface area contributed by atoms with Crippen molar-refractivity contribution in [3.63, 3.8) is 0 Å². The quantitative estimate of drug-likeness (QED) is 0.676. The number of hydrogen-bond acceptors (Lipinski definition) is 5. The van der Waals surface area contributed by atoms with Crippen LogP contribution in [0.2, 0.25) is 0 Å². The lowest BCUT2D eigenvalue weighted by Gasteiger charge is -2.30. The van der Waals surface area contributed by atoms with Crippen molar-refractivity contribution in [1.82, 2.24) is 10.2 Å². The highest BCUT2D eigenvalue weighted by atomic mass is 32.1. The molecular weight excluding hydrogens is 394 g/mol. The highest BCUT2D eigenvalue weighted by Crippen LogP contribution is 2.39. The first-order valence-corrected chi connectivity index (χ1v) is 12.0. The Labute approximate surface area is 184 Å². The Morgan fingerprint density at radius 3 is 2.60 bits per heavy atom. The molecule has 0 radical (unpaired) electrons. The molecule has 4 rings (SSSR count). The number of carbonyl (C=O) groups is 1. The van der Waals surface area contributed by atoms with Crippen molar-refractivity contribution in [3.05, 3.63) is 41.3 Å². The zero-order valence-electron chi connectivity index (χ0n) is 17.9. The van der Waals surface area contributed by atoms with Gasteiger partial charge < -0.3 is 19.9 Å². The van der Waals surface area contributed by atoms with Crippen LogP contribution in [0.5, 0.6) is 0 Å². The predicted molar refractivity (Wildman–Crippen MR) is 125 cm³/mol. The summed E-state index contributed by atoms with van der Waals surface area (Å²) in [6.07, 6.45) is 3.61. The van der Waals surface area contributed by atoms with Gasteiger partial charge in [0.2, 0.25) is 0 Å². The predicted octanol–water partition coefficient (Wildman–Crippen LogP) is 4.10. The molecule has 2 saturated heterocycles. The molecule has 0 unspecified atom stereocenters. The summed E-state index contributed by atoms with van der Waals surface area (Å²) >= 11 is 1.60. The van der Waals surface area contributed by atoms with Crippen molar-refractivity contribution in [2.45, 2.75) is 26.2 Å². The number of carbonyl (C=O) groups excluding carboxylic acids is 1. The Balaban J connectivity index is 1.38. The van der Waals surface area contributed by atoms with Gasteiger partial charge in [-0.3, -0.25) is 4.79 Å². The molecule has 0 atom stereocenters. The number of benzene rings is 1. The SMILES string of the molecule is CC1CCN(CCCNC(=O)c2cc(-c3ccccc3)c(N3CCOCC3)s2)CC1. The summed E-state index contributed by atoms with van der Waals surface area (Å²) in [7, 11) is 0. The van der Waals surface area contributed by atoms with Crippen LogP contribution in [0.4, 0.5) is 5.00 Å². The summed E-state index contributed by atoms with van der Waals surface area (Å²) in [5.41, 5.74) is 2.31. The van der Waals surface area contributed by atoms with Crippen LogP contribution in [-0.4, -0.2) is 63.3 Å². The molecule has 1 aromatic heterocycles. The average molecular weight is 428 g/mol. The molecule has 0 aliphatic carbocycles. The molecule has 1 aromatic carbocycles. The summed E-state index contributed by atoms with van der Waals surface area (Å²) in [5, 5.41) is 4.32. The zero-order chi connectivity index (χ0) is 20.8. The third-order valence-corrected chi connectivity index (χ3v) is 7.33. The van der Waals surface area contributed by atoms with Crippen LogP contribution in [0, 0.1) is 5.92 Å². The van der Waals surface area contributed by atoms with Gasteiger partial charge in [-0.1, -0.05) is 37.3 Å². The summed E-state index contributed by atoms with van der Waals surface area (Å²) in [4.78, 5) is 18.5. The number of amides is 1. The van der Waals surface area contributed by atoms with Crippen LogP contribution in [0.15, 0.2) is 36.4 Å². The summed E-state index contributed by atoms with van der Waals surface area (Å²) in [6, 6.07) is 12.4. The van der Waals surface area contributed by atoms with E-state index in [0.717, 1.165) is 67.7 Å². The molecule has 2 aliphatic heterocycles. The second-order valence-corrected chi connectivity index (χ2v) is 9.46. The number of likely N-dealkylation sites (tertiary alicyclic amines) is 1. The van der Waals surface area contributed by atoms with Crippen LogP contribution in [0.3, 0.4) is 0 Å². The molecule has 30 heavy (non-hydrogen) atoms. The Morgan fingerprint density at radius 1 is 1.13 bits per heavy atom. The van der Waals surface area contributed by atoms with Crippen LogP contribution < -0.4 is 10.2 Å². The first-order valence-electron chi connectivity index (χ1n) is 11.2. The first-order chi connectivity index (χ1) is 14.7. The molecule has 1 N–H and O–H groups in total. The van der Waals surface area contributed by atoms with Crippen molar-refractivity contribution >= 4 is 22.2 Å². The summed E-state index contributed by atoms with van der Waals surface area (Å²) in [5.74, 6) is 0.906. The Kier molecular flexibility index (Phi) is 7.42. The van der Waals surface area contributed by atoms with Crippen molar-refractivity contribution in [2.24, 2.45) is 5.92 Å².